The molecule has 3 N–H and O–H groups in total. The minimum atomic E-state index is 0.0700. The van der Waals surface area contributed by atoms with Gasteiger partial charge in [-0.3, -0.25) is 0 Å². The van der Waals surface area contributed by atoms with Crippen LogP contribution in [0.25, 0.3) is 11.3 Å². The van der Waals surface area contributed by atoms with Gasteiger partial charge in [0.15, 0.2) is 23.1 Å². The fourth-order valence-electron chi connectivity index (χ4n) is 1.80. The quantitative estimate of drug-likeness (QED) is 0.832. The van der Waals surface area contributed by atoms with E-state index in [2.05, 4.69) is 5.16 Å². The van der Waals surface area contributed by atoms with Crippen LogP contribution in [0.5, 0.6) is 11.5 Å². The van der Waals surface area contributed by atoms with Crippen molar-refractivity contribution in [2.45, 2.75) is 13.8 Å². The average Bonchev–Trinajstić information content (AvgIpc) is 2.71. The molecule has 0 aliphatic carbocycles. The maximum Gasteiger partial charge on any atom is 0.169 e. The van der Waals surface area contributed by atoms with Gasteiger partial charge in [0.25, 0.3) is 0 Å². The van der Waals surface area contributed by atoms with Gasteiger partial charge in [-0.1, -0.05) is 5.16 Å². The van der Waals surface area contributed by atoms with Crippen LogP contribution in [-0.2, 0) is 0 Å². The summed E-state index contributed by atoms with van der Waals surface area (Å²) < 4.78 is 10.2. The molecule has 5 heteroatoms. The highest BCUT2D eigenvalue weighted by atomic mass is 16.5. The molecule has 0 bridgehead atoms. The summed E-state index contributed by atoms with van der Waals surface area (Å²) in [5, 5.41) is 13.5. The van der Waals surface area contributed by atoms with E-state index in [0.29, 0.717) is 17.3 Å². The normalized spacial score (nSPS) is 10.5. The van der Waals surface area contributed by atoms with Crippen molar-refractivity contribution in [3.05, 3.63) is 23.3 Å². The van der Waals surface area contributed by atoms with Gasteiger partial charge in [0.2, 0.25) is 0 Å². The second-order valence-electron chi connectivity index (χ2n) is 3.84. The molecule has 2 aromatic rings. The lowest BCUT2D eigenvalue weighted by Crippen LogP contribution is -1.93. The van der Waals surface area contributed by atoms with Gasteiger partial charge in [0, 0.05) is 11.6 Å². The van der Waals surface area contributed by atoms with Crippen LogP contribution in [0.1, 0.15) is 11.1 Å². The van der Waals surface area contributed by atoms with Gasteiger partial charge in [0.05, 0.1) is 7.11 Å². The molecule has 0 aliphatic rings. The Labute approximate surface area is 98.8 Å². The number of nitrogens with two attached hydrogens (primary N) is 1. The number of methoxy groups -OCH3 is 1. The summed E-state index contributed by atoms with van der Waals surface area (Å²) in [6.45, 7) is 3.79. The van der Waals surface area contributed by atoms with E-state index in [4.69, 9.17) is 15.0 Å². The van der Waals surface area contributed by atoms with Crippen molar-refractivity contribution in [3.8, 4) is 22.8 Å². The van der Waals surface area contributed by atoms with Crippen LogP contribution in [0.15, 0.2) is 16.7 Å². The third-order valence-electron chi connectivity index (χ3n) is 2.82. The molecule has 0 saturated heterocycles. The molecule has 17 heavy (non-hydrogen) atoms. The molecule has 1 aromatic heterocycles. The first-order valence-electron chi connectivity index (χ1n) is 5.14. The van der Waals surface area contributed by atoms with Crippen LogP contribution in [0, 0.1) is 13.8 Å². The summed E-state index contributed by atoms with van der Waals surface area (Å²) in [6.07, 6.45) is 0. The molecular formula is C12H14N2O3. The summed E-state index contributed by atoms with van der Waals surface area (Å²) in [5.41, 5.74) is 8.07. The van der Waals surface area contributed by atoms with E-state index in [1.54, 1.807) is 12.1 Å². The molecule has 0 atom stereocenters. The lowest BCUT2D eigenvalue weighted by molar-refractivity contribution is 0.370. The van der Waals surface area contributed by atoms with Crippen LogP contribution in [0.2, 0.25) is 0 Å². The number of ether oxygens (including phenoxy) is 1. The van der Waals surface area contributed by atoms with E-state index < -0.39 is 0 Å². The van der Waals surface area contributed by atoms with Gasteiger partial charge in [0.1, 0.15) is 0 Å². The number of nitrogen functional groups attached to an aromatic ring is 1. The van der Waals surface area contributed by atoms with E-state index >= 15 is 0 Å². The molecule has 0 fully saturated rings. The first-order valence-corrected chi connectivity index (χ1v) is 5.14. The highest BCUT2D eigenvalue weighted by Crippen LogP contribution is 2.38. The maximum atomic E-state index is 9.85. The van der Waals surface area contributed by atoms with Crippen molar-refractivity contribution < 1.29 is 14.4 Å². The summed E-state index contributed by atoms with van der Waals surface area (Å²) in [4.78, 5) is 0. The largest absolute Gasteiger partial charge is 0.504 e. The summed E-state index contributed by atoms with van der Waals surface area (Å²) >= 11 is 0. The van der Waals surface area contributed by atoms with Gasteiger partial charge < -0.3 is 20.1 Å². The molecule has 90 valence electrons. The highest BCUT2D eigenvalue weighted by molar-refractivity contribution is 5.70. The minimum absolute atomic E-state index is 0.0700. The number of rotatable bonds is 2. The molecule has 5 nitrogen and oxygen atoms in total. The Kier molecular flexibility index (Phi) is 2.67. The van der Waals surface area contributed by atoms with Gasteiger partial charge in [-0.25, -0.2) is 0 Å². The van der Waals surface area contributed by atoms with Crippen LogP contribution in [0.4, 0.5) is 5.82 Å². The number of aromatic nitrogens is 1. The van der Waals surface area contributed by atoms with Gasteiger partial charge in [-0.05, 0) is 31.0 Å². The van der Waals surface area contributed by atoms with Crippen molar-refractivity contribution in [2.24, 2.45) is 0 Å². The maximum absolute atomic E-state index is 9.85. The molecule has 2 rings (SSSR count). The number of anilines is 1. The Morgan fingerprint density at radius 1 is 1.29 bits per heavy atom. The van der Waals surface area contributed by atoms with Crippen molar-refractivity contribution in [2.75, 3.05) is 12.8 Å². The molecule has 0 unspecified atom stereocenters. The number of phenols is 1. The van der Waals surface area contributed by atoms with E-state index in [1.165, 1.54) is 7.11 Å². The number of hydrogen-bond acceptors (Lipinski definition) is 5. The Balaban J connectivity index is 2.64. The Bertz CT molecular complexity index is 561. The second kappa shape index (κ2) is 4.01. The Morgan fingerprint density at radius 2 is 2.00 bits per heavy atom. The highest BCUT2D eigenvalue weighted by Gasteiger charge is 2.16. The van der Waals surface area contributed by atoms with E-state index in [-0.39, 0.29) is 5.75 Å². The average molecular weight is 234 g/mol. The van der Waals surface area contributed by atoms with Gasteiger partial charge in [-0.2, -0.15) is 0 Å². The SMILES string of the molecule is COc1c(O)cc(-c2cc(N)no2)c(C)c1C. The Morgan fingerprint density at radius 3 is 2.53 bits per heavy atom. The van der Waals surface area contributed by atoms with Crippen molar-refractivity contribution in [1.29, 1.82) is 0 Å². The fourth-order valence-corrected chi connectivity index (χ4v) is 1.80. The zero-order chi connectivity index (χ0) is 12.6. The van der Waals surface area contributed by atoms with E-state index in [0.717, 1.165) is 16.7 Å². The lowest BCUT2D eigenvalue weighted by Gasteiger charge is -2.12. The van der Waals surface area contributed by atoms with E-state index in [9.17, 15) is 5.11 Å². The number of phenolic OH excluding ortho intramolecular Hbond substituents is 1. The monoisotopic (exact) mass is 234 g/mol. The summed E-state index contributed by atoms with van der Waals surface area (Å²) in [6, 6.07) is 3.20. The van der Waals surface area contributed by atoms with Gasteiger partial charge in [-0.15, -0.1) is 0 Å². The third-order valence-corrected chi connectivity index (χ3v) is 2.82. The smallest absolute Gasteiger partial charge is 0.169 e. The number of hydrogen-bond donors (Lipinski definition) is 2. The van der Waals surface area contributed by atoms with Crippen LogP contribution in [0.3, 0.4) is 0 Å². The Hall–Kier alpha value is -2.17. The minimum Gasteiger partial charge on any atom is -0.504 e. The standard InChI is InChI=1S/C12H14N2O3/c1-6-7(2)12(16-3)9(15)4-8(6)10-5-11(13)14-17-10/h4-5,15H,1-3H3,(H2,13,14). The molecule has 1 heterocycles. The fraction of sp³-hybridized carbons (Fsp3) is 0.250. The van der Waals surface area contributed by atoms with Crippen LogP contribution >= 0.6 is 0 Å². The zero-order valence-corrected chi connectivity index (χ0v) is 9.94. The predicted octanol–water partition coefficient (Wildman–Crippen LogP) is 2.25. The molecule has 0 aliphatic heterocycles. The number of aromatic hydroxyl groups is 1. The predicted molar refractivity (Wildman–Crippen MR) is 64.0 cm³/mol. The van der Waals surface area contributed by atoms with Crippen LogP contribution < -0.4 is 10.5 Å². The first-order chi connectivity index (χ1) is 8.04. The van der Waals surface area contributed by atoms with E-state index in [1.807, 2.05) is 13.8 Å². The lowest BCUT2D eigenvalue weighted by atomic mass is 10.00. The van der Waals surface area contributed by atoms with Crippen LogP contribution in [-0.4, -0.2) is 17.4 Å². The van der Waals surface area contributed by atoms with Gasteiger partial charge >= 0.3 is 0 Å². The number of benzene rings is 1. The van der Waals surface area contributed by atoms with Crippen molar-refractivity contribution >= 4 is 5.82 Å². The first kappa shape index (κ1) is 11.3. The number of nitrogens with zero attached hydrogens (tertiary/aromatic N) is 1. The zero-order valence-electron chi connectivity index (χ0n) is 9.94. The third kappa shape index (κ3) is 1.80. The second-order valence-corrected chi connectivity index (χ2v) is 3.84. The molecule has 0 saturated carbocycles. The summed E-state index contributed by atoms with van der Waals surface area (Å²) in [5.74, 6) is 1.38. The molecule has 0 radical (unpaired) electrons. The summed E-state index contributed by atoms with van der Waals surface area (Å²) in [7, 11) is 1.52. The molecule has 0 spiro atoms. The topological polar surface area (TPSA) is 81.5 Å². The molecule has 1 aromatic carbocycles. The van der Waals surface area contributed by atoms with Crippen molar-refractivity contribution in [1.82, 2.24) is 5.16 Å². The van der Waals surface area contributed by atoms with Crippen molar-refractivity contribution in [3.63, 3.8) is 0 Å². The molecule has 0 amide bonds. The molecular weight excluding hydrogens is 220 g/mol.